The van der Waals surface area contributed by atoms with Crippen LogP contribution in [0, 0.1) is 46.3 Å². The molecule has 4 rings (SSSR count). The van der Waals surface area contributed by atoms with E-state index >= 15 is 0 Å². The molecule has 11 heteroatoms. The standard InChI is InChI=1S/C31H43F3O7S/c1-17(6-9-26(38)40-12-4-5-27(39)41-25(16-42)31(32,33)34)20-7-8-21-28-22(15-24(37)30(20,21)3)29(2)11-10-19(35)13-18(29)14-23(28)36/h17-18,20-22,25,28,42H,4-16H2,1-3H3/t17?,18-,20+,21-,22-,25?,28-,29-,30+/m0/s1. The maximum atomic E-state index is 13.9. The molecule has 0 amide bonds. The Morgan fingerprint density at radius 1 is 1.02 bits per heavy atom. The van der Waals surface area contributed by atoms with Crippen LogP contribution >= 0.6 is 12.6 Å². The zero-order valence-electron chi connectivity index (χ0n) is 24.7. The second-order valence-electron chi connectivity index (χ2n) is 13.5. The monoisotopic (exact) mass is 616 g/mol. The number of fused-ring (bicyclic) bond motifs is 5. The Hall–Kier alpha value is -1.91. The lowest BCUT2D eigenvalue weighted by molar-refractivity contribution is -0.214. The van der Waals surface area contributed by atoms with Crippen LogP contribution in [0.25, 0.3) is 0 Å². The zero-order valence-corrected chi connectivity index (χ0v) is 25.6. The summed E-state index contributed by atoms with van der Waals surface area (Å²) in [5, 5.41) is 0. The number of carbonyl (C=O) groups excluding carboxylic acids is 5. The van der Waals surface area contributed by atoms with E-state index in [-0.39, 0.29) is 84.1 Å². The Morgan fingerprint density at radius 3 is 2.40 bits per heavy atom. The second-order valence-corrected chi connectivity index (χ2v) is 13.9. The molecule has 0 aromatic heterocycles. The summed E-state index contributed by atoms with van der Waals surface area (Å²) in [6.45, 7) is 6.13. The third-order valence-electron chi connectivity index (χ3n) is 11.3. The van der Waals surface area contributed by atoms with Crippen LogP contribution in [0.15, 0.2) is 0 Å². The molecule has 0 aromatic rings. The Bertz CT molecular complexity index is 1090. The number of carbonyl (C=O) groups is 5. The first-order chi connectivity index (χ1) is 19.6. The molecule has 7 nitrogen and oxygen atoms in total. The van der Waals surface area contributed by atoms with E-state index in [9.17, 15) is 37.1 Å². The molecule has 4 fully saturated rings. The highest BCUT2D eigenvalue weighted by atomic mass is 32.1. The molecule has 42 heavy (non-hydrogen) atoms. The van der Waals surface area contributed by atoms with Gasteiger partial charge in [0.2, 0.25) is 6.10 Å². The topological polar surface area (TPSA) is 104 Å². The van der Waals surface area contributed by atoms with Gasteiger partial charge in [0, 0.05) is 55.6 Å². The fourth-order valence-corrected chi connectivity index (χ4v) is 9.12. The van der Waals surface area contributed by atoms with E-state index in [4.69, 9.17) is 4.74 Å². The van der Waals surface area contributed by atoms with Crippen LogP contribution in [0.1, 0.15) is 91.4 Å². The molecule has 0 bridgehead atoms. The number of ether oxygens (including phenoxy) is 2. The molecule has 0 spiro atoms. The predicted molar refractivity (Wildman–Crippen MR) is 149 cm³/mol. The normalized spacial score (nSPS) is 36.0. The molecule has 0 N–H and O–H groups in total. The SMILES string of the molecule is CC(CCC(=O)OCCCC(=O)OC(CS)C(F)(F)F)[C@H]1CC[C@H]2[C@@H]3C(=O)C[C@@H]4CC(=O)CC[C@]4(C)[C@H]3CC(=O)[C@]12C. The maximum Gasteiger partial charge on any atom is 0.426 e. The first kappa shape index (κ1) is 33.0. The third kappa shape index (κ3) is 6.32. The number of esters is 2. The minimum Gasteiger partial charge on any atom is -0.466 e. The van der Waals surface area contributed by atoms with Crippen molar-refractivity contribution in [2.24, 2.45) is 46.3 Å². The lowest BCUT2D eigenvalue weighted by Gasteiger charge is -2.58. The smallest absolute Gasteiger partial charge is 0.426 e. The van der Waals surface area contributed by atoms with E-state index in [1.54, 1.807) is 0 Å². The summed E-state index contributed by atoms with van der Waals surface area (Å²) in [6.07, 6.45) is -2.51. The van der Waals surface area contributed by atoms with Crippen LogP contribution in [-0.2, 0) is 33.4 Å². The van der Waals surface area contributed by atoms with E-state index in [1.807, 2.05) is 13.8 Å². The summed E-state index contributed by atoms with van der Waals surface area (Å²) in [4.78, 5) is 63.6. The van der Waals surface area contributed by atoms with Crippen molar-refractivity contribution >= 4 is 41.9 Å². The van der Waals surface area contributed by atoms with Gasteiger partial charge in [-0.25, -0.2) is 0 Å². The lowest BCUT2D eigenvalue weighted by atomic mass is 9.44. The molecule has 4 saturated carbocycles. The van der Waals surface area contributed by atoms with Crippen LogP contribution in [0.3, 0.4) is 0 Å². The van der Waals surface area contributed by atoms with Gasteiger partial charge in [-0.15, -0.1) is 0 Å². The number of hydrogen-bond donors (Lipinski definition) is 1. The number of alkyl halides is 3. The summed E-state index contributed by atoms with van der Waals surface area (Å²) in [7, 11) is 0. The van der Waals surface area contributed by atoms with E-state index in [0.717, 1.165) is 19.3 Å². The summed E-state index contributed by atoms with van der Waals surface area (Å²) in [5.41, 5.74) is -0.796. The molecule has 0 saturated heterocycles. The van der Waals surface area contributed by atoms with Crippen LogP contribution < -0.4 is 0 Å². The van der Waals surface area contributed by atoms with Gasteiger partial charge >= 0.3 is 18.1 Å². The lowest BCUT2D eigenvalue weighted by Crippen LogP contribution is -2.60. The average Bonchev–Trinajstić information content (AvgIpc) is 3.27. The Morgan fingerprint density at radius 2 is 1.74 bits per heavy atom. The number of Topliss-reactive ketones (excluding diaryl/α,β-unsaturated/α-hetero) is 3. The van der Waals surface area contributed by atoms with Crippen LogP contribution in [0.2, 0.25) is 0 Å². The van der Waals surface area contributed by atoms with Crippen molar-refractivity contribution in [2.75, 3.05) is 12.4 Å². The highest BCUT2D eigenvalue weighted by Crippen LogP contribution is 2.66. The van der Waals surface area contributed by atoms with Crippen molar-refractivity contribution in [3.63, 3.8) is 0 Å². The number of thiol groups is 1. The van der Waals surface area contributed by atoms with Crippen molar-refractivity contribution in [2.45, 2.75) is 104 Å². The average molecular weight is 617 g/mol. The third-order valence-corrected chi connectivity index (χ3v) is 11.6. The molecule has 2 unspecified atom stereocenters. The van der Waals surface area contributed by atoms with Gasteiger partial charge in [-0.2, -0.15) is 25.8 Å². The molecule has 9 atom stereocenters. The van der Waals surface area contributed by atoms with Gasteiger partial charge in [0.15, 0.2) is 0 Å². The van der Waals surface area contributed by atoms with Gasteiger partial charge in [-0.05, 0) is 67.1 Å². The van der Waals surface area contributed by atoms with Crippen molar-refractivity contribution in [1.82, 2.24) is 0 Å². The summed E-state index contributed by atoms with van der Waals surface area (Å²) < 4.78 is 47.7. The fourth-order valence-electron chi connectivity index (χ4n) is 8.84. The first-order valence-electron chi connectivity index (χ1n) is 15.2. The molecular weight excluding hydrogens is 573 g/mol. The van der Waals surface area contributed by atoms with E-state index < -0.39 is 35.4 Å². The molecule has 0 aliphatic heterocycles. The molecule has 0 radical (unpaired) electrons. The van der Waals surface area contributed by atoms with Gasteiger partial charge < -0.3 is 9.47 Å². The van der Waals surface area contributed by atoms with Crippen LogP contribution in [0.4, 0.5) is 13.2 Å². The highest BCUT2D eigenvalue weighted by molar-refractivity contribution is 7.80. The van der Waals surface area contributed by atoms with Gasteiger partial charge in [0.1, 0.15) is 17.3 Å². The molecule has 236 valence electrons. The van der Waals surface area contributed by atoms with Crippen molar-refractivity contribution in [1.29, 1.82) is 0 Å². The maximum absolute atomic E-state index is 13.9. The fraction of sp³-hybridized carbons (Fsp3) is 0.839. The molecule has 0 heterocycles. The number of hydrogen-bond acceptors (Lipinski definition) is 8. The Kier molecular flexibility index (Phi) is 9.90. The quantitative estimate of drug-likeness (QED) is 0.190. The van der Waals surface area contributed by atoms with Crippen LogP contribution in [0.5, 0.6) is 0 Å². The van der Waals surface area contributed by atoms with Crippen molar-refractivity contribution in [3.8, 4) is 0 Å². The molecular formula is C31H43F3O7S. The molecule has 0 aromatic carbocycles. The van der Waals surface area contributed by atoms with Crippen molar-refractivity contribution in [3.05, 3.63) is 0 Å². The van der Waals surface area contributed by atoms with Gasteiger partial charge in [-0.3, -0.25) is 24.0 Å². The van der Waals surface area contributed by atoms with E-state index in [2.05, 4.69) is 24.3 Å². The predicted octanol–water partition coefficient (Wildman–Crippen LogP) is 5.72. The summed E-state index contributed by atoms with van der Waals surface area (Å²) in [5.74, 6) is -1.63. The molecule has 4 aliphatic carbocycles. The Balaban J connectivity index is 1.28. The summed E-state index contributed by atoms with van der Waals surface area (Å²) in [6, 6.07) is 0. The van der Waals surface area contributed by atoms with Gasteiger partial charge in [0.05, 0.1) is 6.61 Å². The van der Waals surface area contributed by atoms with Crippen molar-refractivity contribution < 1.29 is 46.6 Å². The second kappa shape index (κ2) is 12.6. The highest BCUT2D eigenvalue weighted by Gasteiger charge is 2.66. The Labute approximate surface area is 250 Å². The van der Waals surface area contributed by atoms with Gasteiger partial charge in [-0.1, -0.05) is 20.8 Å². The summed E-state index contributed by atoms with van der Waals surface area (Å²) >= 11 is 3.56. The number of rotatable bonds is 10. The van der Waals surface area contributed by atoms with Crippen LogP contribution in [-0.4, -0.2) is 53.9 Å². The van der Waals surface area contributed by atoms with Gasteiger partial charge in [0.25, 0.3) is 0 Å². The largest absolute Gasteiger partial charge is 0.466 e. The molecule has 4 aliphatic rings. The first-order valence-corrected chi connectivity index (χ1v) is 15.9. The van der Waals surface area contributed by atoms with E-state index in [0.29, 0.717) is 32.1 Å². The zero-order chi connectivity index (χ0) is 31.0. The minimum absolute atomic E-state index is 0.0130. The number of halogens is 3. The number of ketones is 3. The minimum atomic E-state index is -4.69. The van der Waals surface area contributed by atoms with E-state index in [1.165, 1.54) is 0 Å².